The van der Waals surface area contributed by atoms with Crippen LogP contribution in [0.25, 0.3) is 0 Å². The number of Topliss-reactive ketones (excluding diaryl/α,β-unsaturated/α-hetero) is 1. The van der Waals surface area contributed by atoms with E-state index in [1.165, 1.54) is 0 Å². The van der Waals surface area contributed by atoms with Crippen LogP contribution >= 0.6 is 15.9 Å². The van der Waals surface area contributed by atoms with Gasteiger partial charge in [-0.2, -0.15) is 0 Å². The van der Waals surface area contributed by atoms with E-state index >= 15 is 0 Å². The van der Waals surface area contributed by atoms with E-state index in [0.29, 0.717) is 23.5 Å². The highest BCUT2D eigenvalue weighted by atomic mass is 79.9. The zero-order valence-corrected chi connectivity index (χ0v) is 18.9. The molecular formula is C22H39BrO3. The number of fused-ring (bicyclic) bond motifs is 1. The van der Waals surface area contributed by atoms with Crippen LogP contribution < -0.4 is 0 Å². The number of carbonyl (C=O) groups excluding carboxylic acids is 1. The third kappa shape index (κ3) is 3.67. The molecule has 0 radical (unpaired) electrons. The smallest absolute Gasteiger partial charge is 0.152 e. The van der Waals surface area contributed by atoms with Gasteiger partial charge in [-0.3, -0.25) is 4.79 Å². The minimum absolute atomic E-state index is 0.0195. The van der Waals surface area contributed by atoms with Crippen molar-refractivity contribution in [2.45, 2.75) is 90.5 Å². The Morgan fingerprint density at radius 1 is 1.12 bits per heavy atom. The summed E-state index contributed by atoms with van der Waals surface area (Å²) in [5.74, 6) is 2.03. The molecule has 0 spiro atoms. The molecule has 3 fully saturated rings. The molecule has 0 bridgehead atoms. The monoisotopic (exact) mass is 430 g/mol. The molecule has 4 heteroatoms. The van der Waals surface area contributed by atoms with Gasteiger partial charge in [0.05, 0.1) is 10.9 Å². The molecule has 3 unspecified atom stereocenters. The Kier molecular flexibility index (Phi) is 7.41. The first-order chi connectivity index (χ1) is 12.2. The van der Waals surface area contributed by atoms with Gasteiger partial charge in [-0.25, -0.2) is 0 Å². The molecule has 0 amide bonds. The van der Waals surface area contributed by atoms with E-state index in [4.69, 9.17) is 0 Å². The number of hydrogen-bond donors (Lipinski definition) is 2. The van der Waals surface area contributed by atoms with Crippen LogP contribution in [0.15, 0.2) is 0 Å². The van der Waals surface area contributed by atoms with Gasteiger partial charge in [-0.15, -0.1) is 0 Å². The Bertz CT molecular complexity index is 496. The molecule has 0 aromatic rings. The number of halogens is 1. The van der Waals surface area contributed by atoms with Crippen molar-refractivity contribution in [1.82, 2.24) is 0 Å². The van der Waals surface area contributed by atoms with E-state index in [0.717, 1.165) is 44.9 Å². The summed E-state index contributed by atoms with van der Waals surface area (Å²) in [4.78, 5) is 12.7. The highest BCUT2D eigenvalue weighted by Gasteiger charge is 2.59. The van der Waals surface area contributed by atoms with Gasteiger partial charge < -0.3 is 10.2 Å². The Hall–Kier alpha value is 0.0700. The molecule has 0 aromatic carbocycles. The number of aliphatic hydroxyl groups excluding tert-OH is 2. The Morgan fingerprint density at radius 2 is 1.77 bits per heavy atom. The summed E-state index contributed by atoms with van der Waals surface area (Å²) in [7, 11) is 0. The van der Waals surface area contributed by atoms with Crippen LogP contribution in [0, 0.1) is 34.5 Å². The highest BCUT2D eigenvalue weighted by molar-refractivity contribution is 9.10. The van der Waals surface area contributed by atoms with E-state index in [2.05, 4.69) is 36.7 Å². The second-order valence-corrected chi connectivity index (χ2v) is 10.4. The number of hydrogen-bond acceptors (Lipinski definition) is 3. The van der Waals surface area contributed by atoms with Crippen molar-refractivity contribution < 1.29 is 15.0 Å². The van der Waals surface area contributed by atoms with Gasteiger partial charge in [0.1, 0.15) is 0 Å². The van der Waals surface area contributed by atoms with E-state index in [1.807, 2.05) is 13.8 Å². The fourth-order valence-electron chi connectivity index (χ4n) is 6.57. The van der Waals surface area contributed by atoms with E-state index in [9.17, 15) is 15.0 Å². The van der Waals surface area contributed by atoms with Gasteiger partial charge >= 0.3 is 0 Å². The summed E-state index contributed by atoms with van der Waals surface area (Å²) >= 11 is 3.61. The van der Waals surface area contributed by atoms with Crippen LogP contribution in [-0.4, -0.2) is 33.5 Å². The molecule has 0 aliphatic heterocycles. The Balaban J connectivity index is 0.00000117. The third-order valence-electron chi connectivity index (χ3n) is 8.18. The third-order valence-corrected chi connectivity index (χ3v) is 8.97. The summed E-state index contributed by atoms with van der Waals surface area (Å²) in [6.45, 7) is 11.0. The summed E-state index contributed by atoms with van der Waals surface area (Å²) in [5.41, 5.74) is -0.0974. The van der Waals surface area contributed by atoms with Crippen LogP contribution in [0.4, 0.5) is 0 Å². The first kappa shape index (κ1) is 22.4. The fourth-order valence-corrected chi connectivity index (χ4v) is 7.50. The lowest BCUT2D eigenvalue weighted by Gasteiger charge is -2.53. The topological polar surface area (TPSA) is 57.5 Å². The average molecular weight is 431 g/mol. The number of alkyl halides is 1. The molecule has 152 valence electrons. The van der Waals surface area contributed by atoms with Crippen LogP contribution in [-0.2, 0) is 4.79 Å². The van der Waals surface area contributed by atoms with Gasteiger partial charge in [0, 0.05) is 12.0 Å². The number of aliphatic hydroxyl groups is 2. The average Bonchev–Trinajstić information content (AvgIpc) is 2.76. The molecule has 3 saturated carbocycles. The van der Waals surface area contributed by atoms with Crippen molar-refractivity contribution in [2.24, 2.45) is 34.5 Å². The first-order valence-electron chi connectivity index (χ1n) is 10.7. The SMILES string of the molecule is CC.CC1C2C[C@@H](Br)C(=O)[C@@]2(C)CCC1[C@@]1(C)CCC[C@H](O)C[C@H]1CO. The molecule has 3 rings (SSSR count). The lowest BCUT2D eigenvalue weighted by atomic mass is 9.51. The predicted molar refractivity (Wildman–Crippen MR) is 110 cm³/mol. The van der Waals surface area contributed by atoms with Crippen LogP contribution in [0.2, 0.25) is 0 Å². The van der Waals surface area contributed by atoms with Crippen molar-refractivity contribution >= 4 is 21.7 Å². The van der Waals surface area contributed by atoms with Crippen LogP contribution in [0.1, 0.15) is 79.6 Å². The largest absolute Gasteiger partial charge is 0.396 e. The maximum absolute atomic E-state index is 12.7. The van der Waals surface area contributed by atoms with E-state index in [1.54, 1.807) is 0 Å². The van der Waals surface area contributed by atoms with Crippen molar-refractivity contribution in [2.75, 3.05) is 6.61 Å². The maximum Gasteiger partial charge on any atom is 0.152 e. The first-order valence-corrected chi connectivity index (χ1v) is 11.6. The number of carbonyl (C=O) groups is 1. The van der Waals surface area contributed by atoms with Crippen molar-refractivity contribution in [3.63, 3.8) is 0 Å². The molecule has 0 heterocycles. The fraction of sp³-hybridized carbons (Fsp3) is 0.955. The second-order valence-electron chi connectivity index (χ2n) is 9.26. The van der Waals surface area contributed by atoms with Crippen LogP contribution in [0.3, 0.4) is 0 Å². The molecule has 0 aromatic heterocycles. The van der Waals surface area contributed by atoms with Gasteiger partial charge in [0.2, 0.25) is 0 Å². The summed E-state index contributed by atoms with van der Waals surface area (Å²) in [6.07, 6.45) is 6.43. The summed E-state index contributed by atoms with van der Waals surface area (Å²) < 4.78 is 0. The van der Waals surface area contributed by atoms with Gasteiger partial charge in [0.25, 0.3) is 0 Å². The highest BCUT2D eigenvalue weighted by Crippen LogP contribution is 2.61. The second kappa shape index (κ2) is 8.61. The molecule has 3 aliphatic rings. The van der Waals surface area contributed by atoms with Gasteiger partial charge in [-0.1, -0.05) is 57.0 Å². The Morgan fingerprint density at radius 3 is 2.38 bits per heavy atom. The normalized spacial score (nSPS) is 49.0. The van der Waals surface area contributed by atoms with Crippen LogP contribution in [0.5, 0.6) is 0 Å². The van der Waals surface area contributed by atoms with Gasteiger partial charge in [-0.05, 0) is 67.6 Å². The summed E-state index contributed by atoms with van der Waals surface area (Å²) in [5, 5.41) is 20.2. The zero-order chi connectivity index (χ0) is 19.7. The maximum atomic E-state index is 12.7. The lowest BCUT2D eigenvalue weighted by molar-refractivity contribution is -0.132. The molecule has 3 nitrogen and oxygen atoms in total. The Labute approximate surface area is 168 Å². The summed E-state index contributed by atoms with van der Waals surface area (Å²) in [6, 6.07) is 0. The number of rotatable bonds is 2. The van der Waals surface area contributed by atoms with E-state index < -0.39 is 0 Å². The van der Waals surface area contributed by atoms with E-state index in [-0.39, 0.29) is 34.3 Å². The predicted octanol–water partition coefficient (Wildman–Crippen LogP) is 4.97. The van der Waals surface area contributed by atoms with Crippen molar-refractivity contribution in [3.05, 3.63) is 0 Å². The molecular weight excluding hydrogens is 392 g/mol. The standard InChI is InChI=1S/C20H33BrO3.C2H6/c1-12-15(6-8-20(3)16(12)10-17(21)18(20)24)19(2)7-4-5-14(23)9-13(19)11-22;1-2/h12-17,22-23H,4-11H2,1-3H3;1-2H3/t12?,13-,14-,15?,16?,17+,19-,20-;/m0./s1. The zero-order valence-electron chi connectivity index (χ0n) is 17.3. The lowest BCUT2D eigenvalue weighted by Crippen LogP contribution is -2.48. The number of ketones is 1. The molecule has 2 N–H and O–H groups in total. The van der Waals surface area contributed by atoms with Gasteiger partial charge in [0.15, 0.2) is 5.78 Å². The molecule has 8 atom stereocenters. The molecule has 0 saturated heterocycles. The molecule has 3 aliphatic carbocycles. The quantitative estimate of drug-likeness (QED) is 0.480. The van der Waals surface area contributed by atoms with Crippen molar-refractivity contribution in [3.8, 4) is 0 Å². The minimum Gasteiger partial charge on any atom is -0.396 e. The van der Waals surface area contributed by atoms with Crippen molar-refractivity contribution in [1.29, 1.82) is 0 Å². The molecule has 26 heavy (non-hydrogen) atoms. The minimum atomic E-state index is -0.270.